The summed E-state index contributed by atoms with van der Waals surface area (Å²) in [4.78, 5) is 5.42. The Hall–Kier alpha value is -8.37. The van der Waals surface area contributed by atoms with Gasteiger partial charge in [-0.3, -0.25) is 8.28 Å². The minimum Gasteiger partial charge on any atom is -0.482 e. The second kappa shape index (κ2) is 14.9. The van der Waals surface area contributed by atoms with Crippen molar-refractivity contribution >= 4 is 108 Å². The van der Waals surface area contributed by atoms with Gasteiger partial charge in [-0.15, -0.1) is 0 Å². The van der Waals surface area contributed by atoms with E-state index in [1.54, 1.807) is 0 Å². The Morgan fingerprint density at radius 1 is 0.632 bits per heavy atom. The summed E-state index contributed by atoms with van der Waals surface area (Å²) in [6.07, 6.45) is 20.7. The Morgan fingerprint density at radius 2 is 1.33 bits per heavy atom. The van der Waals surface area contributed by atoms with Crippen LogP contribution in [-0.4, -0.2) is 25.9 Å². The first-order valence-corrected chi connectivity index (χ1v) is 28.8. The van der Waals surface area contributed by atoms with E-state index < -0.39 is 22.3 Å². The maximum Gasteiger partial charge on any atom is 0.421 e. The molecule has 0 N–H and O–H groups in total. The minimum absolute atomic E-state index is 0.0269. The van der Waals surface area contributed by atoms with Gasteiger partial charge in [-0.1, -0.05) is 181 Å². The van der Waals surface area contributed by atoms with Crippen LogP contribution in [0.25, 0.3) is 67.1 Å². The number of hydrogen-bond acceptors (Lipinski definition) is 4. The molecule has 76 heavy (non-hydrogen) atoms. The van der Waals surface area contributed by atoms with Crippen LogP contribution in [0.3, 0.4) is 0 Å². The highest BCUT2D eigenvalue weighted by Crippen LogP contribution is 2.70. The van der Waals surface area contributed by atoms with Crippen molar-refractivity contribution in [3.05, 3.63) is 239 Å². The molecule has 18 rings (SSSR count). The van der Waals surface area contributed by atoms with Crippen molar-refractivity contribution in [2.24, 2.45) is 5.92 Å². The molecule has 0 radical (unpaired) electrons. The maximum atomic E-state index is 7.23. The number of thiol groups is 2. The fraction of sp³-hybridized carbons (Fsp3) is 0.0896. The molecule has 2 aliphatic carbocycles. The first-order valence-electron chi connectivity index (χ1n) is 26.6. The summed E-state index contributed by atoms with van der Waals surface area (Å²) in [5.74, 6) is 2.62. The standard InChI is InChI=1S/C67H47BN4O2S2/c1-66-39-19-18-38-58(66)67(65-56(74-66)36-20-40-75-65)47-27-8-14-33-53(47)72-64-59-45-25-4-12-31-51(45)70-61(59)62(60-46-26-5-13-32-52(46)71(63(60)64)76(72)57-37-17-9-28-48(57)67)69-50-30-11-3-22-42(50)44-24-7-16-35-55(44)73-54-34-15-6-23-43(54)41-21-2-10-29-49(41)68(69)70/h2-4,6-12,14-40,58,75-76H,5,13H2,1H3/t58?,66?,67-/m1/s1. The highest BCUT2D eigenvalue weighted by molar-refractivity contribution is 8.17. The number of aromatic nitrogens is 2. The van der Waals surface area contributed by atoms with Crippen LogP contribution in [0.5, 0.6) is 11.5 Å². The van der Waals surface area contributed by atoms with Crippen molar-refractivity contribution in [1.82, 2.24) is 8.45 Å². The summed E-state index contributed by atoms with van der Waals surface area (Å²) in [6, 6.07) is 63.6. The summed E-state index contributed by atoms with van der Waals surface area (Å²) < 4.78 is 22.8. The van der Waals surface area contributed by atoms with Crippen LogP contribution in [-0.2, 0) is 10.2 Å². The van der Waals surface area contributed by atoms with Crippen LogP contribution in [0, 0.1) is 5.92 Å². The molecule has 1 fully saturated rings. The molecule has 9 heteroatoms. The highest BCUT2D eigenvalue weighted by Gasteiger charge is 2.62. The van der Waals surface area contributed by atoms with E-state index in [4.69, 9.17) is 9.47 Å². The average molecular weight is 1020 g/mol. The van der Waals surface area contributed by atoms with Crippen molar-refractivity contribution in [2.75, 3.05) is 9.12 Å². The van der Waals surface area contributed by atoms with Gasteiger partial charge in [0.1, 0.15) is 22.9 Å². The molecular weight excluding hydrogens is 968 g/mol. The molecule has 8 aliphatic rings. The number of para-hydroxylation sites is 5. The van der Waals surface area contributed by atoms with Gasteiger partial charge in [0.15, 0.2) is 0 Å². The summed E-state index contributed by atoms with van der Waals surface area (Å²) >= 11 is -0.128. The molecule has 6 aliphatic heterocycles. The van der Waals surface area contributed by atoms with Crippen molar-refractivity contribution < 1.29 is 9.47 Å². The second-order valence-corrected chi connectivity index (χ2v) is 24.2. The molecule has 1 saturated heterocycles. The molecule has 8 aromatic carbocycles. The van der Waals surface area contributed by atoms with E-state index in [1.807, 2.05) is 0 Å². The lowest BCUT2D eigenvalue weighted by Crippen LogP contribution is -2.58. The molecule has 4 atom stereocenters. The highest BCUT2D eigenvalue weighted by atomic mass is 32.2. The lowest BCUT2D eigenvalue weighted by molar-refractivity contribution is 0.00393. The SMILES string of the molecule is CC12C=CC=CC1[C@@]1(C3=[SH]C=CC=C3O2)c2ccccc2N2c3c4c5ccccc5n5c4c(c4c6c(n(c34)[SH]2c2ccccc21)=CCCC=6)N1B5c2ccccc2-c2ccccc2Oc2ccccc2-c2ccccc21. The molecule has 362 valence electrons. The van der Waals surface area contributed by atoms with Gasteiger partial charge in [0.2, 0.25) is 0 Å². The Labute approximate surface area is 446 Å². The molecule has 10 aromatic rings. The normalized spacial score (nSPS) is 22.7. The van der Waals surface area contributed by atoms with Gasteiger partial charge in [0, 0.05) is 64.9 Å². The summed E-state index contributed by atoms with van der Waals surface area (Å²) in [6.45, 7) is 2.03. The van der Waals surface area contributed by atoms with Crippen LogP contribution >= 0.6 is 22.6 Å². The molecule has 0 amide bonds. The molecule has 0 saturated carbocycles. The van der Waals surface area contributed by atoms with Gasteiger partial charge in [-0.25, -0.2) is 0 Å². The van der Waals surface area contributed by atoms with Crippen LogP contribution in [0.15, 0.2) is 222 Å². The largest absolute Gasteiger partial charge is 0.482 e. The van der Waals surface area contributed by atoms with Gasteiger partial charge < -0.3 is 18.8 Å². The topological polar surface area (TPSA) is 34.8 Å². The Kier molecular flexibility index (Phi) is 8.24. The second-order valence-electron chi connectivity index (χ2n) is 21.4. The van der Waals surface area contributed by atoms with Crippen molar-refractivity contribution in [3.63, 3.8) is 0 Å². The zero-order chi connectivity index (χ0) is 49.6. The van der Waals surface area contributed by atoms with E-state index in [0.29, 0.717) is 0 Å². The third-order valence-electron chi connectivity index (χ3n) is 17.7. The average Bonchev–Trinajstić information content (AvgIpc) is 4.23. The first-order chi connectivity index (χ1) is 37.6. The number of benzene rings is 8. The van der Waals surface area contributed by atoms with Crippen molar-refractivity contribution in [1.29, 1.82) is 0 Å². The Bertz CT molecular complexity index is 4640. The number of allylic oxidation sites excluding steroid dienone is 5. The van der Waals surface area contributed by atoms with E-state index in [2.05, 4.69) is 248 Å². The smallest absolute Gasteiger partial charge is 0.421 e. The van der Waals surface area contributed by atoms with Gasteiger partial charge >= 0.3 is 6.98 Å². The van der Waals surface area contributed by atoms with Crippen molar-refractivity contribution in [2.45, 2.75) is 35.7 Å². The molecular formula is C67H47BN4O2S2. The van der Waals surface area contributed by atoms with Crippen LogP contribution in [0.2, 0.25) is 0 Å². The van der Waals surface area contributed by atoms with Crippen LogP contribution < -0.4 is 29.9 Å². The van der Waals surface area contributed by atoms with Crippen LogP contribution in [0.1, 0.15) is 30.9 Å². The molecule has 1 spiro atoms. The number of hydrogen-bond donors (Lipinski definition) is 2. The minimum atomic E-state index is -1.28. The van der Waals surface area contributed by atoms with E-state index >= 15 is 0 Å². The lowest BCUT2D eigenvalue weighted by Gasteiger charge is -2.55. The Balaban J connectivity index is 1.04. The van der Waals surface area contributed by atoms with Crippen molar-refractivity contribution in [3.8, 4) is 33.8 Å². The molecule has 6 nitrogen and oxygen atoms in total. The predicted molar refractivity (Wildman–Crippen MR) is 320 cm³/mol. The number of fused-ring (bicyclic) bond motifs is 32. The number of nitrogens with zero attached hydrogens (tertiary/aromatic N) is 4. The first kappa shape index (κ1) is 41.9. The van der Waals surface area contributed by atoms with Gasteiger partial charge in [-0.2, -0.15) is 11.4 Å². The third-order valence-corrected chi connectivity index (χ3v) is 21.3. The number of ether oxygens (including phenoxy) is 2. The van der Waals surface area contributed by atoms with Crippen LogP contribution in [0.4, 0.5) is 22.7 Å². The quantitative estimate of drug-likeness (QED) is 0.0901. The third kappa shape index (κ3) is 5.02. The van der Waals surface area contributed by atoms with Gasteiger partial charge in [0.05, 0.1) is 38.9 Å². The molecule has 3 unspecified atom stereocenters. The Morgan fingerprint density at radius 3 is 2.20 bits per heavy atom. The lowest BCUT2D eigenvalue weighted by atomic mass is 9.56. The summed E-state index contributed by atoms with van der Waals surface area (Å²) in [5.41, 5.74) is 15.9. The van der Waals surface area contributed by atoms with E-state index in [1.165, 1.54) is 86.7 Å². The van der Waals surface area contributed by atoms with Gasteiger partial charge in [0.25, 0.3) is 0 Å². The monoisotopic (exact) mass is 1010 g/mol. The zero-order valence-corrected chi connectivity index (χ0v) is 43.2. The van der Waals surface area contributed by atoms with E-state index in [9.17, 15) is 0 Å². The maximum absolute atomic E-state index is 7.23. The number of anilines is 4. The fourth-order valence-electron chi connectivity index (χ4n) is 15.0. The van der Waals surface area contributed by atoms with E-state index in [-0.39, 0.29) is 12.9 Å². The summed E-state index contributed by atoms with van der Waals surface area (Å²) in [5, 5.41) is 8.86. The van der Waals surface area contributed by atoms with Gasteiger partial charge in [-0.05, 0) is 95.9 Å². The molecule has 0 bridgehead atoms. The summed E-state index contributed by atoms with van der Waals surface area (Å²) in [7, 11) is 0. The van der Waals surface area contributed by atoms with E-state index in [0.717, 1.165) is 69.4 Å². The number of rotatable bonds is 0. The molecule has 2 aromatic heterocycles. The predicted octanol–water partition coefficient (Wildman–Crippen LogP) is 14.0. The zero-order valence-electron chi connectivity index (χ0n) is 41.4. The molecule has 8 heterocycles. The fourth-order valence-corrected chi connectivity index (χ4v) is 19.0.